The number of rotatable bonds is 6. The molecule has 1 atom stereocenters. The van der Waals surface area contributed by atoms with Gasteiger partial charge in [0.1, 0.15) is 11.4 Å². The van der Waals surface area contributed by atoms with Crippen LogP contribution in [0.2, 0.25) is 5.02 Å². The second kappa shape index (κ2) is 11.4. The molecule has 48 heavy (non-hydrogen) atoms. The lowest BCUT2D eigenvalue weighted by atomic mass is 9.84. The molecule has 12 heteroatoms. The number of hydrogen-bond donors (Lipinski definition) is 0. The SMILES string of the molecule is Cc1cc2oc3c(c(=O)c2cc1C)C1(C(=O)N(Cc2ccccc2Cl)c2ccccc21)N(c1nnc(SCc2ccc(F)cc2)s1)C3=O. The van der Waals surface area contributed by atoms with E-state index in [1.807, 2.05) is 32.0 Å². The van der Waals surface area contributed by atoms with E-state index in [4.69, 9.17) is 16.0 Å². The molecule has 4 heterocycles. The second-order valence-electron chi connectivity index (χ2n) is 11.7. The third-order valence-electron chi connectivity index (χ3n) is 8.89. The van der Waals surface area contributed by atoms with Gasteiger partial charge in [-0.3, -0.25) is 19.3 Å². The largest absolute Gasteiger partial charge is 0.450 e. The Labute approximate surface area is 286 Å². The average molecular weight is 695 g/mol. The number of hydrogen-bond acceptors (Lipinski definition) is 8. The Morgan fingerprint density at radius 1 is 0.938 bits per heavy atom. The van der Waals surface area contributed by atoms with Crippen molar-refractivity contribution in [2.24, 2.45) is 0 Å². The predicted molar refractivity (Wildman–Crippen MR) is 185 cm³/mol. The molecule has 0 bridgehead atoms. The van der Waals surface area contributed by atoms with Gasteiger partial charge in [0.15, 0.2) is 15.3 Å². The third kappa shape index (κ3) is 4.52. The number of halogens is 2. The summed E-state index contributed by atoms with van der Waals surface area (Å²) in [5.41, 5.74) is 2.12. The molecule has 4 aromatic carbocycles. The second-order valence-corrected chi connectivity index (χ2v) is 14.3. The van der Waals surface area contributed by atoms with Crippen LogP contribution in [0.25, 0.3) is 11.0 Å². The number of benzene rings is 4. The summed E-state index contributed by atoms with van der Waals surface area (Å²) < 4.78 is 20.2. The Balaban J connectivity index is 1.33. The molecular weight excluding hydrogens is 671 g/mol. The van der Waals surface area contributed by atoms with Crippen molar-refractivity contribution in [3.8, 4) is 0 Å². The minimum Gasteiger partial charge on any atom is -0.450 e. The molecule has 1 spiro atoms. The zero-order chi connectivity index (χ0) is 33.3. The molecule has 2 aliphatic rings. The highest BCUT2D eigenvalue weighted by Crippen LogP contribution is 2.55. The quantitative estimate of drug-likeness (QED) is 0.130. The molecule has 1 unspecified atom stereocenters. The molecule has 0 radical (unpaired) electrons. The molecule has 8 rings (SSSR count). The van der Waals surface area contributed by atoms with E-state index in [-0.39, 0.29) is 39.8 Å². The summed E-state index contributed by atoms with van der Waals surface area (Å²) in [5, 5.41) is 9.61. The first-order valence-electron chi connectivity index (χ1n) is 15.0. The lowest BCUT2D eigenvalue weighted by Gasteiger charge is -2.32. The van der Waals surface area contributed by atoms with Crippen LogP contribution < -0.4 is 15.2 Å². The van der Waals surface area contributed by atoms with Crippen molar-refractivity contribution in [2.75, 3.05) is 9.80 Å². The minimum absolute atomic E-state index is 0.0573. The van der Waals surface area contributed by atoms with Gasteiger partial charge in [0, 0.05) is 16.3 Å². The molecular formula is C36H24ClFN4O4S2. The van der Waals surface area contributed by atoms with Gasteiger partial charge in [-0.05, 0) is 72.5 Å². The molecule has 0 fully saturated rings. The number of aryl methyl sites for hydroxylation is 2. The number of thioether (sulfide) groups is 1. The van der Waals surface area contributed by atoms with E-state index in [9.17, 15) is 14.0 Å². The number of carbonyl (C=O) groups excluding carboxylic acids is 2. The van der Waals surface area contributed by atoms with Crippen LogP contribution in [0.15, 0.2) is 98.5 Å². The van der Waals surface area contributed by atoms with Crippen molar-refractivity contribution < 1.29 is 18.4 Å². The summed E-state index contributed by atoms with van der Waals surface area (Å²) in [6.07, 6.45) is 0. The van der Waals surface area contributed by atoms with Crippen molar-refractivity contribution in [3.63, 3.8) is 0 Å². The normalized spacial score (nSPS) is 16.8. The van der Waals surface area contributed by atoms with E-state index in [2.05, 4.69) is 10.2 Å². The van der Waals surface area contributed by atoms with E-state index in [0.29, 0.717) is 31.9 Å². The molecule has 2 amide bonds. The maximum atomic E-state index is 15.2. The van der Waals surface area contributed by atoms with Gasteiger partial charge in [0.2, 0.25) is 10.9 Å². The molecule has 6 aromatic rings. The number of fused-ring (bicyclic) bond motifs is 5. The Bertz CT molecular complexity index is 2380. The van der Waals surface area contributed by atoms with E-state index in [1.54, 1.807) is 59.5 Å². The summed E-state index contributed by atoms with van der Waals surface area (Å²) in [4.78, 5) is 47.2. The van der Waals surface area contributed by atoms with E-state index < -0.39 is 22.8 Å². The minimum atomic E-state index is -1.92. The monoisotopic (exact) mass is 694 g/mol. The molecule has 0 N–H and O–H groups in total. The van der Waals surface area contributed by atoms with Crippen LogP contribution in [0, 0.1) is 19.7 Å². The fourth-order valence-corrected chi connectivity index (χ4v) is 8.49. The Morgan fingerprint density at radius 3 is 2.46 bits per heavy atom. The lowest BCUT2D eigenvalue weighted by Crippen LogP contribution is -2.53. The number of carbonyl (C=O) groups is 2. The van der Waals surface area contributed by atoms with Gasteiger partial charge >= 0.3 is 0 Å². The van der Waals surface area contributed by atoms with Crippen LogP contribution in [-0.4, -0.2) is 22.0 Å². The van der Waals surface area contributed by atoms with Gasteiger partial charge in [0.05, 0.1) is 23.2 Å². The Hall–Kier alpha value is -4.84. The fraction of sp³-hybridized carbons (Fsp3) is 0.139. The van der Waals surface area contributed by atoms with Gasteiger partial charge in [-0.2, -0.15) is 0 Å². The van der Waals surface area contributed by atoms with Crippen molar-refractivity contribution in [1.82, 2.24) is 10.2 Å². The van der Waals surface area contributed by atoms with Crippen LogP contribution in [0.1, 0.15) is 43.9 Å². The van der Waals surface area contributed by atoms with E-state index in [1.165, 1.54) is 28.8 Å². The summed E-state index contributed by atoms with van der Waals surface area (Å²) in [6.45, 7) is 3.89. The maximum absolute atomic E-state index is 15.2. The summed E-state index contributed by atoms with van der Waals surface area (Å²) in [5.74, 6) is -1.25. The zero-order valence-electron chi connectivity index (χ0n) is 25.5. The molecule has 0 saturated heterocycles. The smallest absolute Gasteiger partial charge is 0.297 e. The van der Waals surface area contributed by atoms with Crippen molar-refractivity contribution in [1.29, 1.82) is 0 Å². The van der Waals surface area contributed by atoms with Crippen molar-refractivity contribution in [3.05, 3.63) is 145 Å². The molecule has 0 aliphatic carbocycles. The van der Waals surface area contributed by atoms with Crippen LogP contribution >= 0.6 is 34.7 Å². The molecule has 2 aliphatic heterocycles. The van der Waals surface area contributed by atoms with Crippen molar-refractivity contribution >= 4 is 68.3 Å². The van der Waals surface area contributed by atoms with Crippen molar-refractivity contribution in [2.45, 2.75) is 36.0 Å². The first kappa shape index (κ1) is 30.5. The highest BCUT2D eigenvalue weighted by molar-refractivity contribution is 8.00. The standard InChI is InChI=1S/C36H24ClFN4O4S2/c1-19-15-24-28(16-20(19)2)46-31-29(30(24)43)36(25-8-4-6-10-27(25)41(33(36)45)17-22-7-3-5-9-26(22)37)42(32(31)44)34-39-40-35(48-34)47-18-21-11-13-23(38)14-12-21/h3-16H,17-18H2,1-2H3. The van der Waals surface area contributed by atoms with Gasteiger partial charge in [-0.15, -0.1) is 10.2 Å². The van der Waals surface area contributed by atoms with Gasteiger partial charge in [-0.25, -0.2) is 4.39 Å². The van der Waals surface area contributed by atoms with E-state index >= 15 is 4.79 Å². The first-order chi connectivity index (χ1) is 23.2. The Kier molecular flexibility index (Phi) is 7.24. The fourth-order valence-electron chi connectivity index (χ4n) is 6.45. The zero-order valence-corrected chi connectivity index (χ0v) is 27.9. The third-order valence-corrected chi connectivity index (χ3v) is 11.4. The van der Waals surface area contributed by atoms with E-state index in [0.717, 1.165) is 28.0 Å². The first-order valence-corrected chi connectivity index (χ1v) is 17.1. The number of para-hydroxylation sites is 1. The topological polar surface area (TPSA) is 96.6 Å². The lowest BCUT2D eigenvalue weighted by molar-refractivity contribution is -0.121. The molecule has 2 aromatic heterocycles. The van der Waals surface area contributed by atoms with Crippen LogP contribution in [0.5, 0.6) is 0 Å². The summed E-state index contributed by atoms with van der Waals surface area (Å²) >= 11 is 9.04. The van der Waals surface area contributed by atoms with Crippen LogP contribution in [-0.2, 0) is 22.6 Å². The average Bonchev–Trinajstić information content (AvgIpc) is 3.72. The van der Waals surface area contributed by atoms with Gasteiger partial charge in [-0.1, -0.05) is 83.2 Å². The molecule has 8 nitrogen and oxygen atoms in total. The number of nitrogens with zero attached hydrogens (tertiary/aromatic N) is 4. The predicted octanol–water partition coefficient (Wildman–Crippen LogP) is 7.80. The highest BCUT2D eigenvalue weighted by Gasteiger charge is 2.66. The van der Waals surface area contributed by atoms with Crippen LogP contribution in [0.3, 0.4) is 0 Å². The maximum Gasteiger partial charge on any atom is 0.297 e. The number of anilines is 2. The van der Waals surface area contributed by atoms with Gasteiger partial charge < -0.3 is 9.32 Å². The number of amides is 2. The highest BCUT2D eigenvalue weighted by atomic mass is 35.5. The Morgan fingerprint density at radius 2 is 1.67 bits per heavy atom. The molecule has 0 saturated carbocycles. The number of aromatic nitrogens is 2. The molecule has 238 valence electrons. The van der Waals surface area contributed by atoms with Gasteiger partial charge in [0.25, 0.3) is 11.8 Å². The summed E-state index contributed by atoms with van der Waals surface area (Å²) in [7, 11) is 0. The summed E-state index contributed by atoms with van der Waals surface area (Å²) in [6, 6.07) is 24.0. The van der Waals surface area contributed by atoms with Crippen LogP contribution in [0.4, 0.5) is 15.2 Å².